The molecule has 0 bridgehead atoms. The molecule has 2 heterocycles. The molecule has 0 unspecified atom stereocenters. The van der Waals surface area contributed by atoms with Gasteiger partial charge in [-0.25, -0.2) is 9.98 Å². The number of hydrogen-bond donors (Lipinski definition) is 1. The zero-order valence-corrected chi connectivity index (χ0v) is 13.0. The van der Waals surface area contributed by atoms with Crippen LogP contribution in [-0.2, 0) is 0 Å². The lowest BCUT2D eigenvalue weighted by molar-refractivity contribution is 1.01. The van der Waals surface area contributed by atoms with E-state index < -0.39 is 0 Å². The van der Waals surface area contributed by atoms with Crippen molar-refractivity contribution in [3.63, 3.8) is 0 Å². The van der Waals surface area contributed by atoms with Crippen molar-refractivity contribution < 1.29 is 0 Å². The van der Waals surface area contributed by atoms with Gasteiger partial charge in [-0.15, -0.1) is 0 Å². The van der Waals surface area contributed by atoms with E-state index in [1.165, 1.54) is 0 Å². The fourth-order valence-corrected chi connectivity index (χ4v) is 2.53. The molecule has 0 aliphatic rings. The van der Waals surface area contributed by atoms with E-state index in [1.54, 1.807) is 0 Å². The van der Waals surface area contributed by atoms with Gasteiger partial charge in [0.05, 0.1) is 17.4 Å². The lowest BCUT2D eigenvalue weighted by Gasteiger charge is -2.09. The highest BCUT2D eigenvalue weighted by Crippen LogP contribution is 2.14. The van der Waals surface area contributed by atoms with E-state index >= 15 is 0 Å². The second-order valence-electron chi connectivity index (χ2n) is 5.36. The topological polar surface area (TPSA) is 41.7 Å². The molecule has 2 aromatic heterocycles. The Hall–Kier alpha value is -3.40. The summed E-state index contributed by atoms with van der Waals surface area (Å²) in [5.74, 6) is 0.716. The molecule has 2 aromatic carbocycles. The van der Waals surface area contributed by atoms with Gasteiger partial charge in [-0.3, -0.25) is 4.40 Å². The fourth-order valence-electron chi connectivity index (χ4n) is 2.53. The van der Waals surface area contributed by atoms with E-state index in [-0.39, 0.29) is 0 Å². The average molecular weight is 312 g/mol. The maximum atomic E-state index is 4.80. The Balaban J connectivity index is 1.93. The Kier molecular flexibility index (Phi) is 3.78. The Bertz CT molecular complexity index is 1020. The molecule has 0 fully saturated rings. The summed E-state index contributed by atoms with van der Waals surface area (Å²) in [6.07, 6.45) is 3.84. The van der Waals surface area contributed by atoms with Crippen LogP contribution in [0.1, 0.15) is 0 Å². The van der Waals surface area contributed by atoms with E-state index in [4.69, 9.17) is 4.99 Å². The van der Waals surface area contributed by atoms with Crippen LogP contribution in [0.2, 0.25) is 0 Å². The Morgan fingerprint density at radius 1 is 0.792 bits per heavy atom. The Morgan fingerprint density at radius 3 is 2.29 bits per heavy atom. The molecule has 116 valence electrons. The van der Waals surface area contributed by atoms with E-state index in [2.05, 4.69) is 10.3 Å². The van der Waals surface area contributed by atoms with Gasteiger partial charge in [0.25, 0.3) is 0 Å². The van der Waals surface area contributed by atoms with Gasteiger partial charge >= 0.3 is 0 Å². The highest BCUT2D eigenvalue weighted by Gasteiger charge is 2.04. The van der Waals surface area contributed by atoms with E-state index in [0.717, 1.165) is 22.4 Å². The zero-order valence-electron chi connectivity index (χ0n) is 13.0. The third kappa shape index (κ3) is 2.90. The van der Waals surface area contributed by atoms with Crippen LogP contribution in [0.25, 0.3) is 5.52 Å². The minimum atomic E-state index is 0.716. The summed E-state index contributed by atoms with van der Waals surface area (Å²) in [6, 6.07) is 25.9. The van der Waals surface area contributed by atoms with Crippen molar-refractivity contribution >= 4 is 22.7 Å². The molecule has 1 N–H and O–H groups in total. The summed E-state index contributed by atoms with van der Waals surface area (Å²) >= 11 is 0. The molecular formula is C20H16N4. The van der Waals surface area contributed by atoms with Gasteiger partial charge in [0, 0.05) is 11.9 Å². The molecule has 0 radical (unpaired) electrons. The first-order valence-corrected chi connectivity index (χ1v) is 7.78. The summed E-state index contributed by atoms with van der Waals surface area (Å²) in [5, 5.41) is 3.36. The van der Waals surface area contributed by atoms with Crippen LogP contribution >= 0.6 is 0 Å². The molecular weight excluding hydrogens is 296 g/mol. The van der Waals surface area contributed by atoms with Crippen molar-refractivity contribution in [1.29, 1.82) is 0 Å². The van der Waals surface area contributed by atoms with Gasteiger partial charge in [-0.2, -0.15) is 0 Å². The van der Waals surface area contributed by atoms with Crippen LogP contribution in [0, 0.1) is 0 Å². The number of nitrogens with zero attached hydrogens (tertiary/aromatic N) is 3. The first-order valence-electron chi connectivity index (χ1n) is 7.78. The second-order valence-corrected chi connectivity index (χ2v) is 5.36. The molecule has 0 aliphatic heterocycles. The predicted octanol–water partition coefficient (Wildman–Crippen LogP) is 4.31. The third-order valence-electron chi connectivity index (χ3n) is 3.69. The number of benzene rings is 2. The average Bonchev–Trinajstić information content (AvgIpc) is 2.65. The maximum Gasteiger partial charge on any atom is 0.181 e. The SMILES string of the molecule is c1ccc(N=c2c(Nc3ccccc3)ncc3ccccn23)cc1. The molecule has 24 heavy (non-hydrogen) atoms. The standard InChI is InChI=1S/C20H16N4/c1-3-9-16(10-4-1)22-19-20(23-17-11-5-2-6-12-17)24-14-8-7-13-18(24)15-21-19/h1-15H,(H,21,22). The Labute approximate surface area is 139 Å². The lowest BCUT2D eigenvalue weighted by atomic mass is 10.3. The normalized spacial score (nSPS) is 11.6. The van der Waals surface area contributed by atoms with Crippen LogP contribution < -0.4 is 10.8 Å². The molecule has 0 amide bonds. The van der Waals surface area contributed by atoms with Crippen molar-refractivity contribution in [3.05, 3.63) is 96.7 Å². The quantitative estimate of drug-likeness (QED) is 0.612. The number of hydrogen-bond acceptors (Lipinski definition) is 3. The van der Waals surface area contributed by atoms with Crippen molar-refractivity contribution in [2.24, 2.45) is 4.99 Å². The van der Waals surface area contributed by atoms with E-state index in [1.807, 2.05) is 95.7 Å². The van der Waals surface area contributed by atoms with E-state index in [0.29, 0.717) is 5.82 Å². The molecule has 0 saturated carbocycles. The van der Waals surface area contributed by atoms with Gasteiger partial charge in [0.15, 0.2) is 11.3 Å². The number of aromatic nitrogens is 2. The van der Waals surface area contributed by atoms with Crippen LogP contribution in [0.4, 0.5) is 17.2 Å². The molecule has 4 rings (SSSR count). The molecule has 4 heteroatoms. The number of pyridine rings is 1. The number of rotatable bonds is 3. The summed E-state index contributed by atoms with van der Waals surface area (Å²) in [5.41, 5.74) is 3.62. The first kappa shape index (κ1) is 14.2. The highest BCUT2D eigenvalue weighted by atomic mass is 15.1. The number of nitrogens with one attached hydrogen (secondary N) is 1. The van der Waals surface area contributed by atoms with Gasteiger partial charge < -0.3 is 5.32 Å². The van der Waals surface area contributed by atoms with Crippen LogP contribution in [0.5, 0.6) is 0 Å². The van der Waals surface area contributed by atoms with Gasteiger partial charge in [0.1, 0.15) is 0 Å². The number of fused-ring (bicyclic) bond motifs is 1. The van der Waals surface area contributed by atoms with Crippen molar-refractivity contribution in [3.8, 4) is 0 Å². The highest BCUT2D eigenvalue weighted by molar-refractivity contribution is 5.57. The molecule has 0 spiro atoms. The number of anilines is 2. The maximum absolute atomic E-state index is 4.80. The molecule has 0 atom stereocenters. The van der Waals surface area contributed by atoms with Crippen molar-refractivity contribution in [2.75, 3.05) is 5.32 Å². The first-order chi connectivity index (χ1) is 11.9. The summed E-state index contributed by atoms with van der Waals surface area (Å²) in [7, 11) is 0. The fraction of sp³-hybridized carbons (Fsp3) is 0. The summed E-state index contributed by atoms with van der Waals surface area (Å²) in [4.78, 5) is 9.38. The summed E-state index contributed by atoms with van der Waals surface area (Å²) in [6.45, 7) is 0. The summed E-state index contributed by atoms with van der Waals surface area (Å²) < 4.78 is 2.03. The van der Waals surface area contributed by atoms with Crippen LogP contribution in [-0.4, -0.2) is 9.38 Å². The lowest BCUT2D eigenvalue weighted by Crippen LogP contribution is -2.20. The van der Waals surface area contributed by atoms with Gasteiger partial charge in [-0.1, -0.05) is 42.5 Å². The smallest absolute Gasteiger partial charge is 0.181 e. The van der Waals surface area contributed by atoms with E-state index in [9.17, 15) is 0 Å². The zero-order chi connectivity index (χ0) is 16.2. The Morgan fingerprint density at radius 2 is 1.50 bits per heavy atom. The van der Waals surface area contributed by atoms with Crippen molar-refractivity contribution in [2.45, 2.75) is 0 Å². The largest absolute Gasteiger partial charge is 0.337 e. The van der Waals surface area contributed by atoms with Gasteiger partial charge in [0.2, 0.25) is 0 Å². The minimum Gasteiger partial charge on any atom is -0.337 e. The van der Waals surface area contributed by atoms with Crippen molar-refractivity contribution in [1.82, 2.24) is 9.38 Å². The second kappa shape index (κ2) is 6.38. The van der Waals surface area contributed by atoms with Gasteiger partial charge in [-0.05, 0) is 36.4 Å². The number of para-hydroxylation sites is 2. The predicted molar refractivity (Wildman–Crippen MR) is 96.6 cm³/mol. The molecule has 0 aliphatic carbocycles. The van der Waals surface area contributed by atoms with Crippen LogP contribution in [0.3, 0.4) is 0 Å². The van der Waals surface area contributed by atoms with Crippen LogP contribution in [0.15, 0.2) is 96.2 Å². The molecule has 0 saturated heterocycles. The third-order valence-corrected chi connectivity index (χ3v) is 3.69. The molecule has 4 aromatic rings. The minimum absolute atomic E-state index is 0.716. The molecule has 4 nitrogen and oxygen atoms in total. The monoisotopic (exact) mass is 312 g/mol.